The number of anilines is 2. The van der Waals surface area contributed by atoms with E-state index in [0.29, 0.717) is 41.6 Å². The highest BCUT2D eigenvalue weighted by Crippen LogP contribution is 2.60. The second-order valence-corrected chi connectivity index (χ2v) is 12.4. The lowest BCUT2D eigenvalue weighted by Crippen LogP contribution is -2.60. The van der Waals surface area contributed by atoms with Gasteiger partial charge in [-0.3, -0.25) is 0 Å². The molecule has 6 rings (SSSR count). The van der Waals surface area contributed by atoms with Crippen LogP contribution >= 0.6 is 0 Å². The number of nitrogens with one attached hydrogen (secondary N) is 3. The standard InChI is InChI=1S/C29H38N6O3/c1-28(2,3)38-27(37)34-24-20-10-19-11-21(24)14-29(12-19,13-20)17-33-25-22(15-30)16-32-26(35-25)31-9-8-18-4-6-23(36)7-5-18/h4-7,16,19-21,24,36H,8-14,17H2,1-3H3,(H,34,37)(H2,31,32,33,35)/t19?,20-,21+,24-,29-. The molecule has 1 aromatic heterocycles. The number of hydrogen-bond donors (Lipinski definition) is 4. The minimum absolute atomic E-state index is 0.146. The maximum atomic E-state index is 12.5. The zero-order valence-electron chi connectivity index (χ0n) is 22.5. The summed E-state index contributed by atoms with van der Waals surface area (Å²) in [6.07, 6.45) is 7.62. The van der Waals surface area contributed by atoms with Crippen LogP contribution in [0.1, 0.15) is 64.0 Å². The van der Waals surface area contributed by atoms with Crippen molar-refractivity contribution in [2.24, 2.45) is 23.2 Å². The molecule has 1 amide bonds. The average molecular weight is 519 g/mol. The van der Waals surface area contributed by atoms with Gasteiger partial charge in [-0.1, -0.05) is 12.1 Å². The van der Waals surface area contributed by atoms with Gasteiger partial charge in [-0.15, -0.1) is 0 Å². The van der Waals surface area contributed by atoms with Crippen LogP contribution in [-0.2, 0) is 11.2 Å². The van der Waals surface area contributed by atoms with Crippen LogP contribution in [0.3, 0.4) is 0 Å². The van der Waals surface area contributed by atoms with Crippen molar-refractivity contribution in [3.8, 4) is 11.8 Å². The molecule has 4 N–H and O–H groups in total. The Bertz CT molecular complexity index is 1190. The minimum atomic E-state index is -0.504. The van der Waals surface area contributed by atoms with Crippen LogP contribution in [0, 0.1) is 34.5 Å². The highest BCUT2D eigenvalue weighted by Gasteiger charge is 2.55. The summed E-state index contributed by atoms with van der Waals surface area (Å²) >= 11 is 0. The number of phenols is 1. The lowest BCUT2D eigenvalue weighted by molar-refractivity contribution is -0.0703. The van der Waals surface area contributed by atoms with E-state index in [1.165, 1.54) is 6.42 Å². The minimum Gasteiger partial charge on any atom is -0.508 e. The number of alkyl carbamates (subject to hydrolysis) is 1. The molecule has 4 aliphatic rings. The van der Waals surface area contributed by atoms with Crippen molar-refractivity contribution in [2.45, 2.75) is 70.9 Å². The largest absolute Gasteiger partial charge is 0.508 e. The quantitative estimate of drug-likeness (QED) is 0.390. The molecule has 5 atom stereocenters. The molecule has 202 valence electrons. The number of carbonyl (C=O) groups excluding carboxylic acids is 1. The number of phenolic OH excluding ortho intramolecular Hbond substituents is 1. The van der Waals surface area contributed by atoms with Crippen LogP contribution in [0.4, 0.5) is 16.6 Å². The topological polar surface area (TPSA) is 132 Å². The summed E-state index contributed by atoms with van der Waals surface area (Å²) in [6, 6.07) is 9.53. The first kappa shape index (κ1) is 26.1. The fourth-order valence-electron chi connectivity index (χ4n) is 7.02. The summed E-state index contributed by atoms with van der Waals surface area (Å²) in [5.41, 5.74) is 1.18. The van der Waals surface area contributed by atoms with Crippen LogP contribution < -0.4 is 16.0 Å². The third-order valence-corrected chi connectivity index (χ3v) is 8.26. The van der Waals surface area contributed by atoms with Crippen LogP contribution in [-0.4, -0.2) is 45.9 Å². The van der Waals surface area contributed by atoms with Gasteiger partial charge in [0.2, 0.25) is 5.95 Å². The number of ether oxygens (including phenoxy) is 1. The fourth-order valence-corrected chi connectivity index (χ4v) is 7.02. The Balaban J connectivity index is 1.20. The highest BCUT2D eigenvalue weighted by molar-refractivity contribution is 5.68. The molecule has 4 fully saturated rings. The molecule has 38 heavy (non-hydrogen) atoms. The van der Waals surface area contributed by atoms with Gasteiger partial charge >= 0.3 is 6.09 Å². The normalized spacial score (nSPS) is 27.4. The Labute approximate surface area is 224 Å². The zero-order valence-corrected chi connectivity index (χ0v) is 22.5. The molecule has 2 aromatic rings. The van der Waals surface area contributed by atoms with Gasteiger partial charge < -0.3 is 25.8 Å². The van der Waals surface area contributed by atoms with Crippen molar-refractivity contribution in [3.05, 3.63) is 41.6 Å². The summed E-state index contributed by atoms with van der Waals surface area (Å²) < 4.78 is 5.55. The molecular formula is C29H38N6O3. The Morgan fingerprint density at radius 1 is 1.16 bits per heavy atom. The smallest absolute Gasteiger partial charge is 0.407 e. The maximum absolute atomic E-state index is 12.5. The van der Waals surface area contributed by atoms with E-state index in [4.69, 9.17) is 4.74 Å². The average Bonchev–Trinajstić information content (AvgIpc) is 2.85. The summed E-state index contributed by atoms with van der Waals surface area (Å²) in [6.45, 7) is 7.07. The zero-order chi connectivity index (χ0) is 26.9. The molecule has 1 aromatic carbocycles. The third-order valence-electron chi connectivity index (χ3n) is 8.26. The van der Waals surface area contributed by atoms with Gasteiger partial charge in [0.1, 0.15) is 28.8 Å². The van der Waals surface area contributed by atoms with Crippen LogP contribution in [0.25, 0.3) is 0 Å². The van der Waals surface area contributed by atoms with Crippen molar-refractivity contribution >= 4 is 17.9 Å². The highest BCUT2D eigenvalue weighted by atomic mass is 16.6. The van der Waals surface area contributed by atoms with Crippen molar-refractivity contribution in [3.63, 3.8) is 0 Å². The van der Waals surface area contributed by atoms with Gasteiger partial charge in [-0.05, 0) is 100 Å². The van der Waals surface area contributed by atoms with E-state index in [1.807, 2.05) is 32.9 Å². The molecule has 9 nitrogen and oxygen atoms in total. The van der Waals surface area contributed by atoms with Gasteiger partial charge in [-0.2, -0.15) is 10.2 Å². The number of hydrogen-bond acceptors (Lipinski definition) is 8. The maximum Gasteiger partial charge on any atom is 0.407 e. The first-order valence-corrected chi connectivity index (χ1v) is 13.6. The van der Waals surface area contributed by atoms with E-state index < -0.39 is 5.60 Å². The first-order chi connectivity index (χ1) is 18.1. The molecule has 0 spiro atoms. The number of benzene rings is 1. The Morgan fingerprint density at radius 2 is 1.87 bits per heavy atom. The van der Waals surface area contributed by atoms with Crippen LogP contribution in [0.5, 0.6) is 5.75 Å². The monoisotopic (exact) mass is 518 g/mol. The predicted molar refractivity (Wildman–Crippen MR) is 145 cm³/mol. The summed E-state index contributed by atoms with van der Waals surface area (Å²) in [5.74, 6) is 2.89. The van der Waals surface area contributed by atoms with Gasteiger partial charge in [-0.25, -0.2) is 9.78 Å². The van der Waals surface area contributed by atoms with Crippen molar-refractivity contribution in [1.82, 2.24) is 15.3 Å². The third kappa shape index (κ3) is 5.95. The fraction of sp³-hybridized carbons (Fsp3) is 0.586. The number of nitrogens with zero attached hydrogens (tertiary/aromatic N) is 3. The molecule has 0 radical (unpaired) electrons. The summed E-state index contributed by atoms with van der Waals surface area (Å²) in [5, 5.41) is 29.1. The molecule has 0 saturated heterocycles. The first-order valence-electron chi connectivity index (χ1n) is 13.6. The molecular weight excluding hydrogens is 480 g/mol. The SMILES string of the molecule is CC(C)(C)OC(=O)N[C@@H]1[C@@H]2CC3C[C@H]1C[C@@](CNc1nc(NCCc4ccc(O)cc4)ncc1C#N)(C3)C2. The lowest BCUT2D eigenvalue weighted by atomic mass is 9.48. The Kier molecular flexibility index (Phi) is 7.08. The van der Waals surface area contributed by atoms with E-state index in [2.05, 4.69) is 32.0 Å². The van der Waals surface area contributed by atoms with Crippen molar-refractivity contribution in [2.75, 3.05) is 23.7 Å². The van der Waals surface area contributed by atoms with E-state index >= 15 is 0 Å². The van der Waals surface area contributed by atoms with E-state index in [1.54, 1.807) is 18.3 Å². The molecule has 9 heteroatoms. The molecule has 0 aliphatic heterocycles. The van der Waals surface area contributed by atoms with Gasteiger partial charge in [0, 0.05) is 19.1 Å². The molecule has 4 bridgehead atoms. The molecule has 1 unspecified atom stereocenters. The van der Waals surface area contributed by atoms with E-state index in [-0.39, 0.29) is 23.3 Å². The van der Waals surface area contributed by atoms with Gasteiger partial charge in [0.05, 0.1) is 6.20 Å². The number of aromatic hydroxyl groups is 1. The van der Waals surface area contributed by atoms with Gasteiger partial charge in [0.15, 0.2) is 0 Å². The summed E-state index contributed by atoms with van der Waals surface area (Å²) in [4.78, 5) is 21.4. The number of amides is 1. The number of nitriles is 1. The van der Waals surface area contributed by atoms with Gasteiger partial charge in [0.25, 0.3) is 0 Å². The predicted octanol–water partition coefficient (Wildman–Crippen LogP) is 4.84. The van der Waals surface area contributed by atoms with Crippen molar-refractivity contribution in [1.29, 1.82) is 5.26 Å². The Morgan fingerprint density at radius 3 is 2.53 bits per heavy atom. The summed E-state index contributed by atoms with van der Waals surface area (Å²) in [7, 11) is 0. The number of aromatic nitrogens is 2. The van der Waals surface area contributed by atoms with Crippen molar-refractivity contribution < 1.29 is 14.6 Å². The van der Waals surface area contributed by atoms with E-state index in [0.717, 1.165) is 44.2 Å². The molecule has 4 saturated carbocycles. The number of carbonyl (C=O) groups is 1. The van der Waals surface area contributed by atoms with Crippen LogP contribution in [0.15, 0.2) is 30.5 Å². The van der Waals surface area contributed by atoms with Crippen LogP contribution in [0.2, 0.25) is 0 Å². The van der Waals surface area contributed by atoms with E-state index in [9.17, 15) is 15.2 Å². The second kappa shape index (κ2) is 10.3. The Hall–Kier alpha value is -3.54. The second-order valence-electron chi connectivity index (χ2n) is 12.4. The lowest BCUT2D eigenvalue weighted by Gasteiger charge is -2.60. The molecule has 4 aliphatic carbocycles. The molecule has 1 heterocycles. The number of rotatable bonds is 8.